The average Bonchev–Trinajstić information content (AvgIpc) is 3.21. The van der Waals surface area contributed by atoms with Gasteiger partial charge in [0.05, 0.1) is 11.7 Å². The Kier molecular flexibility index (Phi) is 4.05. The molecule has 1 spiro atoms. The molecular formula is C23H27N3O2. The molecule has 5 rings (SSSR count). The quantitative estimate of drug-likeness (QED) is 0.884. The molecule has 1 saturated heterocycles. The molecule has 1 aromatic heterocycles. The van der Waals surface area contributed by atoms with E-state index >= 15 is 0 Å². The van der Waals surface area contributed by atoms with Crippen molar-refractivity contribution in [3.63, 3.8) is 0 Å². The molecule has 2 saturated carbocycles. The summed E-state index contributed by atoms with van der Waals surface area (Å²) < 4.78 is 6.30. The zero-order valence-electron chi connectivity index (χ0n) is 16.5. The second-order valence-electron chi connectivity index (χ2n) is 9.28. The summed E-state index contributed by atoms with van der Waals surface area (Å²) in [4.78, 5) is 21.0. The summed E-state index contributed by atoms with van der Waals surface area (Å²) in [5, 5.41) is 3.40. The standard InChI is InChI=1S/C23H27N3O2/c1-22(2)17-10-18-19(15-6-4-3-5-7-15)28-9-8-23(18,11-17)21(22)26-20(27)16-12-24-14-25-13-16/h3-7,12-14,17-19,21H,8-11H2,1-2H3,(H,26,27)/t17-,18-,19-,21+,23?/m1/s1. The highest BCUT2D eigenvalue weighted by Gasteiger charge is 2.68. The summed E-state index contributed by atoms with van der Waals surface area (Å²) in [6.45, 7) is 5.39. The molecule has 1 N–H and O–H groups in total. The zero-order chi connectivity index (χ0) is 19.4. The van der Waals surface area contributed by atoms with Gasteiger partial charge >= 0.3 is 0 Å². The normalized spacial score (nSPS) is 35.4. The maximum atomic E-state index is 13.0. The van der Waals surface area contributed by atoms with Crippen LogP contribution in [0.15, 0.2) is 49.1 Å². The van der Waals surface area contributed by atoms with Gasteiger partial charge in [0.25, 0.3) is 5.91 Å². The minimum atomic E-state index is -0.0675. The first kappa shape index (κ1) is 17.8. The maximum Gasteiger partial charge on any atom is 0.254 e. The molecule has 2 bridgehead atoms. The van der Waals surface area contributed by atoms with E-state index in [0.29, 0.717) is 17.4 Å². The lowest BCUT2D eigenvalue weighted by Crippen LogP contribution is -2.58. The summed E-state index contributed by atoms with van der Waals surface area (Å²) in [5.41, 5.74) is 1.96. The van der Waals surface area contributed by atoms with Crippen LogP contribution >= 0.6 is 0 Å². The number of carbonyl (C=O) groups excluding carboxylic acids is 1. The Morgan fingerprint density at radius 3 is 2.68 bits per heavy atom. The lowest BCUT2D eigenvalue weighted by Gasteiger charge is -2.53. The molecule has 2 heterocycles. The van der Waals surface area contributed by atoms with E-state index in [1.165, 1.54) is 24.7 Å². The number of ether oxygens (including phenoxy) is 1. The maximum absolute atomic E-state index is 13.0. The van der Waals surface area contributed by atoms with Crippen LogP contribution in [0.1, 0.15) is 55.1 Å². The molecule has 5 nitrogen and oxygen atoms in total. The molecule has 5 atom stereocenters. The highest BCUT2D eigenvalue weighted by atomic mass is 16.5. The van der Waals surface area contributed by atoms with Gasteiger partial charge in [0, 0.05) is 25.0 Å². The third-order valence-electron chi connectivity index (χ3n) is 7.73. The van der Waals surface area contributed by atoms with Gasteiger partial charge in [-0.15, -0.1) is 0 Å². The predicted molar refractivity (Wildman–Crippen MR) is 105 cm³/mol. The molecule has 1 aliphatic heterocycles. The molecule has 2 aliphatic carbocycles. The fourth-order valence-electron chi connectivity index (χ4n) is 6.39. The monoisotopic (exact) mass is 377 g/mol. The van der Waals surface area contributed by atoms with E-state index in [-0.39, 0.29) is 28.9 Å². The van der Waals surface area contributed by atoms with Crippen LogP contribution in [0, 0.1) is 22.7 Å². The third-order valence-corrected chi connectivity index (χ3v) is 7.73. The largest absolute Gasteiger partial charge is 0.373 e. The van der Waals surface area contributed by atoms with E-state index in [0.717, 1.165) is 13.0 Å². The Morgan fingerprint density at radius 1 is 1.18 bits per heavy atom. The van der Waals surface area contributed by atoms with E-state index in [1.807, 2.05) is 0 Å². The fourth-order valence-corrected chi connectivity index (χ4v) is 6.39. The van der Waals surface area contributed by atoms with Crippen molar-refractivity contribution < 1.29 is 9.53 Å². The van der Waals surface area contributed by atoms with E-state index in [9.17, 15) is 4.79 Å². The number of carbonyl (C=O) groups is 1. The second kappa shape index (κ2) is 6.38. The van der Waals surface area contributed by atoms with Crippen LogP contribution < -0.4 is 5.32 Å². The number of amides is 1. The van der Waals surface area contributed by atoms with Crippen LogP contribution in [0.25, 0.3) is 0 Å². The lowest BCUT2D eigenvalue weighted by molar-refractivity contribution is -0.120. The van der Waals surface area contributed by atoms with Gasteiger partial charge in [-0.2, -0.15) is 0 Å². The molecule has 3 aliphatic rings. The Morgan fingerprint density at radius 2 is 1.93 bits per heavy atom. The van der Waals surface area contributed by atoms with Crippen molar-refractivity contribution in [2.75, 3.05) is 6.61 Å². The number of nitrogens with one attached hydrogen (secondary N) is 1. The summed E-state index contributed by atoms with van der Waals surface area (Å²) in [7, 11) is 0. The number of rotatable bonds is 3. The van der Waals surface area contributed by atoms with Gasteiger partial charge in [-0.3, -0.25) is 4.79 Å². The highest BCUT2D eigenvalue weighted by molar-refractivity contribution is 5.93. The molecule has 3 fully saturated rings. The van der Waals surface area contributed by atoms with Crippen molar-refractivity contribution in [3.8, 4) is 0 Å². The minimum Gasteiger partial charge on any atom is -0.373 e. The molecule has 5 heteroatoms. The number of aromatic nitrogens is 2. The number of hydrogen-bond donors (Lipinski definition) is 1. The predicted octanol–water partition coefficient (Wildman–Crippen LogP) is 3.79. The van der Waals surface area contributed by atoms with Crippen LogP contribution in [-0.2, 0) is 4.74 Å². The van der Waals surface area contributed by atoms with Crippen molar-refractivity contribution >= 4 is 5.91 Å². The van der Waals surface area contributed by atoms with Gasteiger partial charge in [-0.05, 0) is 47.5 Å². The van der Waals surface area contributed by atoms with Crippen molar-refractivity contribution in [1.82, 2.24) is 15.3 Å². The first-order valence-electron chi connectivity index (χ1n) is 10.2. The Balaban J connectivity index is 1.48. The van der Waals surface area contributed by atoms with Crippen LogP contribution in [0.5, 0.6) is 0 Å². The highest BCUT2D eigenvalue weighted by Crippen LogP contribution is 2.70. The van der Waals surface area contributed by atoms with Crippen LogP contribution in [0.4, 0.5) is 0 Å². The smallest absolute Gasteiger partial charge is 0.254 e. The topological polar surface area (TPSA) is 64.1 Å². The van der Waals surface area contributed by atoms with Gasteiger partial charge in [0.2, 0.25) is 0 Å². The zero-order valence-corrected chi connectivity index (χ0v) is 16.5. The van der Waals surface area contributed by atoms with Gasteiger partial charge in [-0.1, -0.05) is 44.2 Å². The Hall–Kier alpha value is -2.27. The fraction of sp³-hybridized carbons (Fsp3) is 0.522. The minimum absolute atomic E-state index is 0.0675. The van der Waals surface area contributed by atoms with E-state index < -0.39 is 0 Å². The second-order valence-corrected chi connectivity index (χ2v) is 9.28. The first-order chi connectivity index (χ1) is 13.5. The van der Waals surface area contributed by atoms with Gasteiger partial charge in [0.1, 0.15) is 6.33 Å². The molecule has 28 heavy (non-hydrogen) atoms. The molecule has 1 unspecified atom stereocenters. The summed E-state index contributed by atoms with van der Waals surface area (Å²) in [5.74, 6) is 0.976. The third kappa shape index (κ3) is 2.52. The molecular weight excluding hydrogens is 350 g/mol. The Labute approximate surface area is 165 Å². The number of fused-ring (bicyclic) bond motifs is 1. The average molecular weight is 377 g/mol. The van der Waals surface area contributed by atoms with E-state index in [4.69, 9.17) is 4.74 Å². The van der Waals surface area contributed by atoms with Crippen molar-refractivity contribution in [3.05, 3.63) is 60.2 Å². The molecule has 2 aromatic rings. The lowest BCUT2D eigenvalue weighted by atomic mass is 9.59. The SMILES string of the molecule is CC1(C)[C@@H]2C[C@@H]3[C@@H](c4ccccc4)OCCC3(C2)[C@H]1NC(=O)c1cncnc1. The number of hydrogen-bond acceptors (Lipinski definition) is 4. The van der Waals surface area contributed by atoms with Crippen LogP contribution in [0.2, 0.25) is 0 Å². The van der Waals surface area contributed by atoms with Crippen molar-refractivity contribution in [1.29, 1.82) is 0 Å². The van der Waals surface area contributed by atoms with E-state index in [1.54, 1.807) is 12.4 Å². The van der Waals surface area contributed by atoms with Gasteiger partial charge < -0.3 is 10.1 Å². The molecule has 1 aromatic carbocycles. The van der Waals surface area contributed by atoms with Gasteiger partial charge in [0.15, 0.2) is 0 Å². The first-order valence-corrected chi connectivity index (χ1v) is 10.2. The molecule has 1 amide bonds. The molecule has 0 radical (unpaired) electrons. The van der Waals surface area contributed by atoms with Crippen molar-refractivity contribution in [2.45, 2.75) is 45.3 Å². The van der Waals surface area contributed by atoms with Crippen LogP contribution in [0.3, 0.4) is 0 Å². The summed E-state index contributed by atoms with van der Waals surface area (Å²) in [6.07, 6.45) is 8.12. The number of nitrogens with zero attached hydrogens (tertiary/aromatic N) is 2. The summed E-state index contributed by atoms with van der Waals surface area (Å²) in [6, 6.07) is 10.7. The summed E-state index contributed by atoms with van der Waals surface area (Å²) >= 11 is 0. The Bertz CT molecular complexity index is 870. The van der Waals surface area contributed by atoms with E-state index in [2.05, 4.69) is 59.5 Å². The van der Waals surface area contributed by atoms with Crippen molar-refractivity contribution in [2.24, 2.45) is 22.7 Å². The van der Waals surface area contributed by atoms with Gasteiger partial charge in [-0.25, -0.2) is 9.97 Å². The number of benzene rings is 1. The van der Waals surface area contributed by atoms with Crippen LogP contribution in [-0.4, -0.2) is 28.5 Å². The molecule has 146 valence electrons.